The van der Waals surface area contributed by atoms with Crippen LogP contribution in [0.2, 0.25) is 5.02 Å². The lowest BCUT2D eigenvalue weighted by Crippen LogP contribution is -2.49. The molecular formula is C28H38ClN3O8S3. The van der Waals surface area contributed by atoms with E-state index in [1.807, 2.05) is 18.2 Å². The van der Waals surface area contributed by atoms with E-state index < -0.39 is 49.2 Å². The van der Waals surface area contributed by atoms with Gasteiger partial charge in [-0.1, -0.05) is 23.7 Å². The predicted octanol–water partition coefficient (Wildman–Crippen LogP) is 3.70. The van der Waals surface area contributed by atoms with E-state index in [0.717, 1.165) is 23.3 Å². The Morgan fingerprint density at radius 2 is 1.79 bits per heavy atom. The van der Waals surface area contributed by atoms with Gasteiger partial charge in [0.1, 0.15) is 4.75 Å². The number of sulfone groups is 1. The first kappa shape index (κ1) is 32.8. The van der Waals surface area contributed by atoms with Crippen molar-refractivity contribution in [1.29, 1.82) is 0 Å². The third-order valence-corrected chi connectivity index (χ3v) is 14.7. The average Bonchev–Trinajstić information content (AvgIpc) is 3.46. The molecule has 11 nitrogen and oxygen atoms in total. The minimum atomic E-state index is -4.03. The number of carbonyl (C=O) groups is 1. The van der Waals surface area contributed by atoms with E-state index in [4.69, 9.17) is 25.9 Å². The van der Waals surface area contributed by atoms with Gasteiger partial charge in [-0.3, -0.25) is 4.79 Å². The molecule has 0 saturated carbocycles. The molecule has 3 aliphatic rings. The van der Waals surface area contributed by atoms with Crippen molar-refractivity contribution in [2.75, 3.05) is 45.6 Å². The molecule has 3 saturated heterocycles. The normalized spacial score (nSPS) is 26.1. The molecule has 1 amide bonds. The highest BCUT2D eigenvalue weighted by Gasteiger charge is 2.51. The molecule has 0 aliphatic carbocycles. The van der Waals surface area contributed by atoms with Crippen LogP contribution in [0.25, 0.3) is 10.4 Å². The molecule has 3 fully saturated rings. The Morgan fingerprint density at radius 3 is 2.47 bits per heavy atom. The molecule has 2 atom stereocenters. The minimum absolute atomic E-state index is 0.00276. The number of benzene rings is 1. The zero-order chi connectivity index (χ0) is 30.7. The molecule has 5 rings (SSSR count). The van der Waals surface area contributed by atoms with Gasteiger partial charge in [0.05, 0.1) is 18.3 Å². The topological polar surface area (TPSA) is 132 Å². The van der Waals surface area contributed by atoms with Crippen molar-refractivity contribution < 1.29 is 35.9 Å². The maximum absolute atomic E-state index is 14.2. The standard InChI is InChI=1S/C28H38ClN3O8S3/c1-38-23-11-14-31(15-12-23)43(36,37)32-16-13-28(42(34,35)19-17-32,20-26(33)30-40-27-4-2-3-18-39-27)25-10-9-24(41-25)21-5-7-22(29)8-6-21/h5-10,23,27H,2-4,11-20H2,1H3,(H,30,33)/t27?,28-/m0/s1. The second-order valence-corrected chi connectivity index (χ2v) is 17.0. The number of hydrogen-bond donors (Lipinski definition) is 1. The van der Waals surface area contributed by atoms with Gasteiger partial charge in [-0.05, 0) is 61.9 Å². The fourth-order valence-electron chi connectivity index (χ4n) is 5.83. The monoisotopic (exact) mass is 675 g/mol. The van der Waals surface area contributed by atoms with Crippen molar-refractivity contribution in [1.82, 2.24) is 14.1 Å². The maximum Gasteiger partial charge on any atom is 0.282 e. The Hall–Kier alpha value is -1.62. The average molecular weight is 676 g/mol. The lowest BCUT2D eigenvalue weighted by Gasteiger charge is -2.34. The van der Waals surface area contributed by atoms with Gasteiger partial charge < -0.3 is 9.47 Å². The second-order valence-electron chi connectivity index (χ2n) is 11.1. The molecule has 0 bridgehead atoms. The van der Waals surface area contributed by atoms with Crippen molar-refractivity contribution >= 4 is 48.9 Å². The number of rotatable bonds is 9. The van der Waals surface area contributed by atoms with Crippen molar-refractivity contribution in [3.63, 3.8) is 0 Å². The van der Waals surface area contributed by atoms with Crippen LogP contribution in [0.4, 0.5) is 0 Å². The van der Waals surface area contributed by atoms with Crippen LogP contribution >= 0.6 is 22.9 Å². The zero-order valence-electron chi connectivity index (χ0n) is 24.1. The van der Waals surface area contributed by atoms with Crippen LogP contribution in [-0.2, 0) is 43.9 Å². The summed E-state index contributed by atoms with van der Waals surface area (Å²) in [6.07, 6.45) is 2.46. The minimum Gasteiger partial charge on any atom is -0.381 e. The Kier molecular flexibility index (Phi) is 10.5. The number of nitrogens with one attached hydrogen (secondary N) is 1. The number of hydroxylamine groups is 1. The lowest BCUT2D eigenvalue weighted by atomic mass is 9.97. The number of halogens is 1. The number of methoxy groups -OCH3 is 1. The zero-order valence-corrected chi connectivity index (χ0v) is 27.3. The van der Waals surface area contributed by atoms with Crippen molar-refractivity contribution in [2.24, 2.45) is 0 Å². The molecule has 238 valence electrons. The Morgan fingerprint density at radius 1 is 1.07 bits per heavy atom. The number of amides is 1. The molecule has 1 unspecified atom stereocenters. The summed E-state index contributed by atoms with van der Waals surface area (Å²) in [5.41, 5.74) is 3.26. The van der Waals surface area contributed by atoms with Crippen LogP contribution in [-0.4, -0.2) is 89.4 Å². The summed E-state index contributed by atoms with van der Waals surface area (Å²) >= 11 is 7.34. The van der Waals surface area contributed by atoms with Gasteiger partial charge >= 0.3 is 0 Å². The Labute approximate surface area is 262 Å². The fraction of sp³-hybridized carbons (Fsp3) is 0.607. The van der Waals surface area contributed by atoms with Crippen LogP contribution in [0.5, 0.6) is 0 Å². The molecule has 43 heavy (non-hydrogen) atoms. The first-order valence-corrected chi connectivity index (χ1v) is 18.7. The van der Waals surface area contributed by atoms with Crippen molar-refractivity contribution in [2.45, 2.75) is 62.1 Å². The molecule has 0 spiro atoms. The van der Waals surface area contributed by atoms with Crippen LogP contribution < -0.4 is 5.48 Å². The number of carbonyl (C=O) groups excluding carboxylic acids is 1. The van der Waals surface area contributed by atoms with E-state index in [1.165, 1.54) is 19.9 Å². The molecule has 4 heterocycles. The van der Waals surface area contributed by atoms with Gasteiger partial charge in [-0.2, -0.15) is 17.0 Å². The summed E-state index contributed by atoms with van der Waals surface area (Å²) in [5, 5.41) is 0.578. The summed E-state index contributed by atoms with van der Waals surface area (Å²) < 4.78 is 67.6. The highest BCUT2D eigenvalue weighted by Crippen LogP contribution is 2.45. The highest BCUT2D eigenvalue weighted by molar-refractivity contribution is 7.92. The van der Waals surface area contributed by atoms with Crippen LogP contribution in [0.15, 0.2) is 36.4 Å². The van der Waals surface area contributed by atoms with Gasteiger partial charge in [-0.25, -0.2) is 18.7 Å². The van der Waals surface area contributed by atoms with Gasteiger partial charge in [0, 0.05) is 61.1 Å². The van der Waals surface area contributed by atoms with Crippen LogP contribution in [0.1, 0.15) is 49.8 Å². The molecule has 1 aromatic carbocycles. The van der Waals surface area contributed by atoms with Gasteiger partial charge in [0.2, 0.25) is 5.91 Å². The first-order chi connectivity index (χ1) is 20.5. The van der Waals surface area contributed by atoms with E-state index in [-0.39, 0.29) is 25.6 Å². The molecule has 2 aromatic rings. The molecule has 1 N–H and O–H groups in total. The molecule has 0 radical (unpaired) electrons. The van der Waals surface area contributed by atoms with Crippen LogP contribution in [0, 0.1) is 0 Å². The molecule has 3 aliphatic heterocycles. The quantitative estimate of drug-likeness (QED) is 0.398. The van der Waals surface area contributed by atoms with E-state index in [1.54, 1.807) is 25.3 Å². The number of piperidine rings is 1. The molecule has 1 aromatic heterocycles. The third kappa shape index (κ3) is 7.28. The van der Waals surface area contributed by atoms with Gasteiger partial charge in [0.15, 0.2) is 16.1 Å². The molecular weight excluding hydrogens is 638 g/mol. The van der Waals surface area contributed by atoms with E-state index in [9.17, 15) is 21.6 Å². The smallest absolute Gasteiger partial charge is 0.282 e. The summed E-state index contributed by atoms with van der Waals surface area (Å²) in [6.45, 7) is 0.871. The number of ether oxygens (including phenoxy) is 2. The second kappa shape index (κ2) is 13.8. The van der Waals surface area contributed by atoms with Gasteiger partial charge in [0.25, 0.3) is 10.2 Å². The summed E-state index contributed by atoms with van der Waals surface area (Å²) in [7, 11) is -6.34. The highest BCUT2D eigenvalue weighted by atomic mass is 35.5. The first-order valence-electron chi connectivity index (χ1n) is 14.5. The largest absolute Gasteiger partial charge is 0.381 e. The SMILES string of the molecule is COC1CCN(S(=O)(=O)N2CC[C@](CC(=O)NOC3CCCCO3)(c3ccc(-c4ccc(Cl)cc4)s3)S(=O)(=O)CC2)CC1. The van der Waals surface area contributed by atoms with Gasteiger partial charge in [-0.15, -0.1) is 11.3 Å². The summed E-state index contributed by atoms with van der Waals surface area (Å²) in [4.78, 5) is 20.1. The third-order valence-electron chi connectivity index (χ3n) is 8.43. The number of hydrogen-bond acceptors (Lipinski definition) is 9. The summed E-state index contributed by atoms with van der Waals surface area (Å²) in [5.74, 6) is -1.04. The van der Waals surface area contributed by atoms with Crippen molar-refractivity contribution in [3.05, 3.63) is 46.3 Å². The van der Waals surface area contributed by atoms with E-state index >= 15 is 0 Å². The molecule has 15 heteroatoms. The lowest BCUT2D eigenvalue weighted by molar-refractivity contribution is -0.200. The number of thiophene rings is 1. The summed E-state index contributed by atoms with van der Waals surface area (Å²) in [6, 6.07) is 10.7. The van der Waals surface area contributed by atoms with Crippen LogP contribution in [0.3, 0.4) is 0 Å². The van der Waals surface area contributed by atoms with E-state index in [2.05, 4.69) is 5.48 Å². The predicted molar refractivity (Wildman–Crippen MR) is 164 cm³/mol. The number of nitrogens with zero attached hydrogens (tertiary/aromatic N) is 2. The van der Waals surface area contributed by atoms with E-state index in [0.29, 0.717) is 48.9 Å². The van der Waals surface area contributed by atoms with Crippen molar-refractivity contribution in [3.8, 4) is 10.4 Å². The maximum atomic E-state index is 14.2. The Bertz CT molecular complexity index is 1470. The Balaban J connectivity index is 1.43. The fourth-order valence-corrected chi connectivity index (χ4v) is 11.3.